The van der Waals surface area contributed by atoms with Crippen molar-refractivity contribution >= 4 is 22.2 Å². The minimum absolute atomic E-state index is 0.481. The third kappa shape index (κ3) is 1.66. The summed E-state index contributed by atoms with van der Waals surface area (Å²) in [6.07, 6.45) is 0.716. The smallest absolute Gasteiger partial charge is 0.150 e. The molecule has 0 aromatic heterocycles. The van der Waals surface area contributed by atoms with E-state index in [1.165, 1.54) is 6.07 Å². The normalized spacial score (nSPS) is 8.73. The van der Waals surface area contributed by atoms with E-state index in [4.69, 9.17) is 5.26 Å². The molecule has 0 saturated carbocycles. The van der Waals surface area contributed by atoms with Crippen LogP contribution < -0.4 is 0 Å². The first-order chi connectivity index (χ1) is 5.27. The molecule has 0 amide bonds. The topological polar surface area (TPSA) is 40.9 Å². The maximum atomic E-state index is 10.3. The summed E-state index contributed by atoms with van der Waals surface area (Å²) in [5.41, 5.74) is 0.999. The Labute approximate surface area is 72.6 Å². The van der Waals surface area contributed by atoms with Crippen molar-refractivity contribution in [3.63, 3.8) is 0 Å². The molecule has 0 heterocycles. The number of carbonyl (C=O) groups is 1. The van der Waals surface area contributed by atoms with Crippen LogP contribution in [0.25, 0.3) is 0 Å². The molecular formula is C8H4BrNO. The summed E-state index contributed by atoms with van der Waals surface area (Å²) < 4.78 is 0.714. The van der Waals surface area contributed by atoms with Crippen LogP contribution in [0.2, 0.25) is 0 Å². The Balaban J connectivity index is 3.25. The van der Waals surface area contributed by atoms with Gasteiger partial charge >= 0.3 is 0 Å². The molecule has 2 nitrogen and oxygen atoms in total. The van der Waals surface area contributed by atoms with Crippen LogP contribution in [-0.4, -0.2) is 6.29 Å². The maximum Gasteiger partial charge on any atom is 0.150 e. The minimum Gasteiger partial charge on any atom is -0.298 e. The molecule has 0 spiro atoms. The van der Waals surface area contributed by atoms with E-state index in [0.717, 1.165) is 0 Å². The molecule has 0 fully saturated rings. The summed E-state index contributed by atoms with van der Waals surface area (Å²) in [6, 6.07) is 6.84. The predicted octanol–water partition coefficient (Wildman–Crippen LogP) is 2.13. The molecular weight excluding hydrogens is 206 g/mol. The molecule has 0 atom stereocenters. The van der Waals surface area contributed by atoms with E-state index in [0.29, 0.717) is 21.9 Å². The highest BCUT2D eigenvalue weighted by Gasteiger charge is 1.98. The molecule has 0 radical (unpaired) electrons. The number of hydrogen-bond donors (Lipinski definition) is 0. The van der Waals surface area contributed by atoms with Crippen LogP contribution in [0.1, 0.15) is 15.9 Å². The average molecular weight is 210 g/mol. The number of nitrogens with zero attached hydrogens (tertiary/aromatic N) is 1. The summed E-state index contributed by atoms with van der Waals surface area (Å²) in [4.78, 5) is 10.3. The molecule has 1 aromatic rings. The number of hydrogen-bond acceptors (Lipinski definition) is 2. The van der Waals surface area contributed by atoms with Gasteiger partial charge in [0.05, 0.1) is 5.56 Å². The lowest BCUT2D eigenvalue weighted by Crippen LogP contribution is -1.82. The fourth-order valence-electron chi connectivity index (χ4n) is 0.702. The van der Waals surface area contributed by atoms with Crippen molar-refractivity contribution in [1.29, 1.82) is 5.26 Å². The van der Waals surface area contributed by atoms with E-state index in [1.54, 1.807) is 12.1 Å². The first-order valence-electron chi connectivity index (χ1n) is 2.93. The van der Waals surface area contributed by atoms with E-state index >= 15 is 0 Å². The highest BCUT2D eigenvalue weighted by Crippen LogP contribution is 2.16. The van der Waals surface area contributed by atoms with Gasteiger partial charge in [-0.3, -0.25) is 4.79 Å². The van der Waals surface area contributed by atoms with E-state index < -0.39 is 0 Å². The second-order valence-electron chi connectivity index (χ2n) is 1.97. The van der Waals surface area contributed by atoms with Crippen LogP contribution in [0.15, 0.2) is 22.7 Å². The van der Waals surface area contributed by atoms with E-state index in [2.05, 4.69) is 15.9 Å². The van der Waals surface area contributed by atoms with Crippen LogP contribution in [-0.2, 0) is 0 Å². The molecule has 0 N–H and O–H groups in total. The van der Waals surface area contributed by atoms with Crippen molar-refractivity contribution in [1.82, 2.24) is 0 Å². The Bertz CT molecular complexity index is 327. The first-order valence-corrected chi connectivity index (χ1v) is 3.72. The monoisotopic (exact) mass is 209 g/mol. The number of rotatable bonds is 1. The predicted molar refractivity (Wildman–Crippen MR) is 44.2 cm³/mol. The molecule has 0 bridgehead atoms. The van der Waals surface area contributed by atoms with Gasteiger partial charge in [0.2, 0.25) is 0 Å². The molecule has 1 aromatic carbocycles. The van der Waals surface area contributed by atoms with Crippen LogP contribution in [0, 0.1) is 11.3 Å². The summed E-state index contributed by atoms with van der Waals surface area (Å²) in [7, 11) is 0. The third-order valence-electron chi connectivity index (χ3n) is 1.25. The molecule has 0 saturated heterocycles. The zero-order valence-corrected chi connectivity index (χ0v) is 7.13. The standard InChI is InChI=1S/C8H4BrNO/c9-8-2-1-6(5-11)3-7(8)4-10/h1-3,5H. The number of aldehydes is 1. The van der Waals surface area contributed by atoms with Crippen LogP contribution >= 0.6 is 15.9 Å². The molecule has 3 heteroatoms. The molecule has 1 rings (SSSR count). The van der Waals surface area contributed by atoms with Gasteiger partial charge < -0.3 is 0 Å². The van der Waals surface area contributed by atoms with Gasteiger partial charge in [-0.25, -0.2) is 0 Å². The zero-order chi connectivity index (χ0) is 8.27. The Kier molecular flexibility index (Phi) is 2.40. The largest absolute Gasteiger partial charge is 0.298 e. The quantitative estimate of drug-likeness (QED) is 0.666. The molecule has 0 aliphatic heterocycles. The fourth-order valence-corrected chi connectivity index (χ4v) is 1.04. The van der Waals surface area contributed by atoms with Gasteiger partial charge in [-0.05, 0) is 28.1 Å². The van der Waals surface area contributed by atoms with E-state index in [-0.39, 0.29) is 0 Å². The molecule has 54 valence electrons. The minimum atomic E-state index is 0.481. The first kappa shape index (κ1) is 7.96. The molecule has 0 unspecified atom stereocenters. The van der Waals surface area contributed by atoms with Crippen LogP contribution in [0.3, 0.4) is 0 Å². The lowest BCUT2D eigenvalue weighted by Gasteiger charge is -1.93. The number of nitriles is 1. The number of benzene rings is 1. The van der Waals surface area contributed by atoms with Gasteiger partial charge in [0, 0.05) is 10.0 Å². The van der Waals surface area contributed by atoms with Crippen LogP contribution in [0.5, 0.6) is 0 Å². The second-order valence-corrected chi connectivity index (χ2v) is 2.82. The Morgan fingerprint density at radius 2 is 2.27 bits per heavy atom. The van der Waals surface area contributed by atoms with Gasteiger partial charge in [0.15, 0.2) is 0 Å². The maximum absolute atomic E-state index is 10.3. The number of carbonyl (C=O) groups excluding carboxylic acids is 1. The Hall–Kier alpha value is -1.14. The van der Waals surface area contributed by atoms with Gasteiger partial charge in [-0.2, -0.15) is 5.26 Å². The fraction of sp³-hybridized carbons (Fsp3) is 0. The molecule has 0 aliphatic carbocycles. The summed E-state index contributed by atoms with van der Waals surface area (Å²) in [5.74, 6) is 0. The Morgan fingerprint density at radius 1 is 1.55 bits per heavy atom. The van der Waals surface area contributed by atoms with Crippen LogP contribution in [0.4, 0.5) is 0 Å². The third-order valence-corrected chi connectivity index (χ3v) is 1.94. The zero-order valence-electron chi connectivity index (χ0n) is 5.54. The average Bonchev–Trinajstić information content (AvgIpc) is 2.05. The van der Waals surface area contributed by atoms with Gasteiger partial charge in [-0.15, -0.1) is 0 Å². The summed E-state index contributed by atoms with van der Waals surface area (Å²) in [6.45, 7) is 0. The van der Waals surface area contributed by atoms with Crippen molar-refractivity contribution in [2.24, 2.45) is 0 Å². The lowest BCUT2D eigenvalue weighted by atomic mass is 10.1. The van der Waals surface area contributed by atoms with Gasteiger partial charge in [-0.1, -0.05) is 6.07 Å². The number of halogens is 1. The van der Waals surface area contributed by atoms with Crippen molar-refractivity contribution in [3.05, 3.63) is 33.8 Å². The lowest BCUT2D eigenvalue weighted by molar-refractivity contribution is 0.112. The van der Waals surface area contributed by atoms with Crippen molar-refractivity contribution in [2.75, 3.05) is 0 Å². The van der Waals surface area contributed by atoms with Crippen molar-refractivity contribution in [2.45, 2.75) is 0 Å². The highest BCUT2D eigenvalue weighted by atomic mass is 79.9. The Morgan fingerprint density at radius 3 is 2.82 bits per heavy atom. The highest BCUT2D eigenvalue weighted by molar-refractivity contribution is 9.10. The van der Waals surface area contributed by atoms with E-state index in [1.807, 2.05) is 6.07 Å². The second kappa shape index (κ2) is 3.31. The SMILES string of the molecule is N#Cc1cc(C=O)ccc1Br. The van der Waals surface area contributed by atoms with Gasteiger partial charge in [0.1, 0.15) is 12.4 Å². The molecule has 0 aliphatic rings. The summed E-state index contributed by atoms with van der Waals surface area (Å²) >= 11 is 3.18. The van der Waals surface area contributed by atoms with Gasteiger partial charge in [0.25, 0.3) is 0 Å². The molecule has 11 heavy (non-hydrogen) atoms. The van der Waals surface area contributed by atoms with E-state index in [9.17, 15) is 4.79 Å². The van der Waals surface area contributed by atoms with Crippen molar-refractivity contribution in [3.8, 4) is 6.07 Å². The summed E-state index contributed by atoms with van der Waals surface area (Å²) in [5, 5.41) is 8.54. The van der Waals surface area contributed by atoms with Crippen molar-refractivity contribution < 1.29 is 4.79 Å².